The highest BCUT2D eigenvalue weighted by Crippen LogP contribution is 2.10. The highest BCUT2D eigenvalue weighted by molar-refractivity contribution is 5.39. The van der Waals surface area contributed by atoms with E-state index in [1.54, 1.807) is 4.68 Å². The van der Waals surface area contributed by atoms with E-state index < -0.39 is 0 Å². The van der Waals surface area contributed by atoms with E-state index in [-0.39, 0.29) is 0 Å². The van der Waals surface area contributed by atoms with E-state index in [0.717, 1.165) is 5.69 Å². The lowest BCUT2D eigenvalue weighted by Gasteiger charge is -2.16. The van der Waals surface area contributed by atoms with Crippen LogP contribution in [0.4, 0.5) is 5.69 Å². The topological polar surface area (TPSA) is 29.9 Å². The van der Waals surface area contributed by atoms with Gasteiger partial charge in [-0.15, -0.1) is 0 Å². The van der Waals surface area contributed by atoms with Gasteiger partial charge in [-0.05, 0) is 12.8 Å². The van der Waals surface area contributed by atoms with Gasteiger partial charge in [-0.2, -0.15) is 5.10 Å². The first kappa shape index (κ1) is 9.10. The van der Waals surface area contributed by atoms with Gasteiger partial charge in [-0.3, -0.25) is 4.68 Å². The van der Waals surface area contributed by atoms with Gasteiger partial charge < -0.3 is 5.32 Å². The van der Waals surface area contributed by atoms with E-state index >= 15 is 0 Å². The third-order valence-electron chi connectivity index (χ3n) is 2.10. The van der Waals surface area contributed by atoms with Crippen LogP contribution < -0.4 is 5.32 Å². The summed E-state index contributed by atoms with van der Waals surface area (Å²) in [6, 6.07) is 0.495. The van der Waals surface area contributed by atoms with Gasteiger partial charge in [0.2, 0.25) is 0 Å². The van der Waals surface area contributed by atoms with Crippen molar-refractivity contribution in [3.05, 3.63) is 12.4 Å². The summed E-state index contributed by atoms with van der Waals surface area (Å²) in [5.41, 5.74) is 1.10. The van der Waals surface area contributed by atoms with Crippen molar-refractivity contribution in [1.29, 1.82) is 0 Å². The number of hydrogen-bond acceptors (Lipinski definition) is 2. The van der Waals surface area contributed by atoms with Gasteiger partial charge in [0, 0.05) is 19.3 Å². The van der Waals surface area contributed by atoms with Gasteiger partial charge in [0.05, 0.1) is 11.9 Å². The normalized spacial score (nSPS) is 13.4. The minimum atomic E-state index is 0.495. The van der Waals surface area contributed by atoms with Crippen LogP contribution in [0.15, 0.2) is 12.4 Å². The summed E-state index contributed by atoms with van der Waals surface area (Å²) in [6.07, 6.45) is 3.83. The molecule has 0 spiro atoms. The molecule has 3 nitrogen and oxygen atoms in total. The lowest BCUT2D eigenvalue weighted by atomic mass is 10.1. The molecule has 0 aliphatic heterocycles. The third kappa shape index (κ3) is 2.26. The van der Waals surface area contributed by atoms with Crippen molar-refractivity contribution in [3.8, 4) is 0 Å². The van der Waals surface area contributed by atoms with Crippen molar-refractivity contribution in [2.75, 3.05) is 5.32 Å². The van der Waals surface area contributed by atoms with Crippen molar-refractivity contribution < 1.29 is 0 Å². The molecule has 0 bridgehead atoms. The fraction of sp³-hybridized carbons (Fsp3) is 0.667. The quantitative estimate of drug-likeness (QED) is 0.745. The van der Waals surface area contributed by atoms with Gasteiger partial charge in [0.1, 0.15) is 0 Å². The molecule has 68 valence electrons. The number of anilines is 1. The van der Waals surface area contributed by atoms with Crippen LogP contribution in [0.2, 0.25) is 0 Å². The molecule has 1 N–H and O–H groups in total. The Balaban J connectivity index is 2.52. The summed E-state index contributed by atoms with van der Waals surface area (Å²) in [7, 11) is 1.92. The van der Waals surface area contributed by atoms with Crippen LogP contribution >= 0.6 is 0 Å². The predicted octanol–water partition coefficient (Wildman–Crippen LogP) is 1.88. The van der Waals surface area contributed by atoms with Gasteiger partial charge >= 0.3 is 0 Å². The lowest BCUT2D eigenvalue weighted by molar-refractivity contribution is 0.560. The highest BCUT2D eigenvalue weighted by atomic mass is 15.3. The van der Waals surface area contributed by atoms with Crippen molar-refractivity contribution in [3.63, 3.8) is 0 Å². The molecule has 0 aliphatic rings. The van der Waals surface area contributed by atoms with Gasteiger partial charge in [0.25, 0.3) is 0 Å². The van der Waals surface area contributed by atoms with E-state index in [4.69, 9.17) is 0 Å². The molecule has 0 saturated carbocycles. The second-order valence-electron chi connectivity index (χ2n) is 3.58. The summed E-state index contributed by atoms with van der Waals surface area (Å²) in [5, 5.41) is 7.46. The molecule has 1 atom stereocenters. The predicted molar refractivity (Wildman–Crippen MR) is 51.1 cm³/mol. The second kappa shape index (κ2) is 3.61. The maximum Gasteiger partial charge on any atom is 0.0728 e. The molecule has 3 heteroatoms. The molecule has 0 fully saturated rings. The van der Waals surface area contributed by atoms with Crippen LogP contribution in [0.25, 0.3) is 0 Å². The number of aryl methyl sites for hydroxylation is 1. The maximum absolute atomic E-state index is 4.08. The van der Waals surface area contributed by atoms with E-state index in [0.29, 0.717) is 12.0 Å². The van der Waals surface area contributed by atoms with E-state index in [9.17, 15) is 0 Å². The Morgan fingerprint density at radius 2 is 2.08 bits per heavy atom. The minimum Gasteiger partial charge on any atom is -0.380 e. The Hall–Kier alpha value is -0.990. The summed E-state index contributed by atoms with van der Waals surface area (Å²) < 4.78 is 1.80. The second-order valence-corrected chi connectivity index (χ2v) is 3.58. The van der Waals surface area contributed by atoms with Crippen LogP contribution in [0.1, 0.15) is 20.8 Å². The fourth-order valence-corrected chi connectivity index (χ4v) is 0.925. The number of hydrogen-bond donors (Lipinski definition) is 1. The Morgan fingerprint density at radius 3 is 2.50 bits per heavy atom. The Bertz CT molecular complexity index is 240. The molecule has 1 rings (SSSR count). The van der Waals surface area contributed by atoms with E-state index in [2.05, 4.69) is 31.2 Å². The fourth-order valence-electron chi connectivity index (χ4n) is 0.925. The average molecular weight is 167 g/mol. The largest absolute Gasteiger partial charge is 0.380 e. The first-order chi connectivity index (χ1) is 5.59. The third-order valence-corrected chi connectivity index (χ3v) is 2.10. The minimum absolute atomic E-state index is 0.495. The van der Waals surface area contributed by atoms with E-state index in [1.807, 2.05) is 19.4 Å². The molecule has 1 heterocycles. The van der Waals surface area contributed by atoms with Crippen molar-refractivity contribution >= 4 is 5.69 Å². The molecule has 0 aromatic carbocycles. The molecular formula is C9H17N3. The zero-order chi connectivity index (χ0) is 9.14. The van der Waals surface area contributed by atoms with Crippen LogP contribution in [0.5, 0.6) is 0 Å². The molecular weight excluding hydrogens is 150 g/mol. The molecule has 12 heavy (non-hydrogen) atoms. The zero-order valence-corrected chi connectivity index (χ0v) is 8.20. The Morgan fingerprint density at radius 1 is 1.42 bits per heavy atom. The van der Waals surface area contributed by atoms with Crippen LogP contribution in [0, 0.1) is 5.92 Å². The van der Waals surface area contributed by atoms with Crippen molar-refractivity contribution in [2.24, 2.45) is 13.0 Å². The van der Waals surface area contributed by atoms with Crippen molar-refractivity contribution in [1.82, 2.24) is 9.78 Å². The summed E-state index contributed by atoms with van der Waals surface area (Å²) >= 11 is 0. The Labute approximate surface area is 73.8 Å². The molecule has 0 radical (unpaired) electrons. The lowest BCUT2D eigenvalue weighted by Crippen LogP contribution is -2.21. The van der Waals surface area contributed by atoms with Crippen LogP contribution in [-0.4, -0.2) is 15.8 Å². The number of aromatic nitrogens is 2. The van der Waals surface area contributed by atoms with Gasteiger partial charge in [0.15, 0.2) is 0 Å². The van der Waals surface area contributed by atoms with Crippen molar-refractivity contribution in [2.45, 2.75) is 26.8 Å². The highest BCUT2D eigenvalue weighted by Gasteiger charge is 2.06. The first-order valence-corrected chi connectivity index (χ1v) is 4.35. The summed E-state index contributed by atoms with van der Waals surface area (Å²) in [4.78, 5) is 0. The maximum atomic E-state index is 4.08. The molecule has 0 saturated heterocycles. The zero-order valence-electron chi connectivity index (χ0n) is 8.20. The van der Waals surface area contributed by atoms with Crippen LogP contribution in [-0.2, 0) is 7.05 Å². The smallest absolute Gasteiger partial charge is 0.0728 e. The molecule has 1 aromatic heterocycles. The number of rotatable bonds is 3. The summed E-state index contributed by atoms with van der Waals surface area (Å²) in [6.45, 7) is 6.58. The standard InChI is InChI=1S/C9H17N3/c1-7(2)8(3)11-9-5-10-12(4)6-9/h5-8,11H,1-4H3. The average Bonchev–Trinajstić information content (AvgIpc) is 2.35. The van der Waals surface area contributed by atoms with Gasteiger partial charge in [-0.25, -0.2) is 0 Å². The number of nitrogens with one attached hydrogen (secondary N) is 1. The number of nitrogens with zero attached hydrogens (tertiary/aromatic N) is 2. The van der Waals surface area contributed by atoms with Crippen LogP contribution in [0.3, 0.4) is 0 Å². The van der Waals surface area contributed by atoms with E-state index in [1.165, 1.54) is 0 Å². The SMILES string of the molecule is CC(C)C(C)Nc1cnn(C)c1. The summed E-state index contributed by atoms with van der Waals surface area (Å²) in [5.74, 6) is 0.644. The first-order valence-electron chi connectivity index (χ1n) is 4.35. The molecule has 0 aliphatic carbocycles. The molecule has 1 unspecified atom stereocenters. The molecule has 1 aromatic rings. The molecule has 0 amide bonds. The van der Waals surface area contributed by atoms with Gasteiger partial charge in [-0.1, -0.05) is 13.8 Å². The Kier molecular flexibility index (Phi) is 2.74. The monoisotopic (exact) mass is 167 g/mol.